The number of rotatable bonds is 3. The molecule has 1 aromatic heterocycles. The van der Waals surface area contributed by atoms with E-state index in [9.17, 15) is 8.42 Å². The quantitative estimate of drug-likeness (QED) is 0.647. The SMILES string of the molecule is Cc1cc(C)c(C)c(S(=O)(=O)N2CCc3cc(-c4ccncc4)ccc32)c1C. The van der Waals surface area contributed by atoms with Crippen LogP contribution < -0.4 is 4.31 Å². The van der Waals surface area contributed by atoms with Crippen LogP contribution in [0.5, 0.6) is 0 Å². The first-order valence-electron chi connectivity index (χ1n) is 9.44. The van der Waals surface area contributed by atoms with Crippen LogP contribution in [0.2, 0.25) is 0 Å². The zero-order valence-corrected chi connectivity index (χ0v) is 17.5. The number of benzene rings is 2. The van der Waals surface area contributed by atoms with E-state index >= 15 is 0 Å². The van der Waals surface area contributed by atoms with Crippen LogP contribution in [-0.4, -0.2) is 19.9 Å². The van der Waals surface area contributed by atoms with Gasteiger partial charge in [-0.2, -0.15) is 0 Å². The predicted molar refractivity (Wildman–Crippen MR) is 113 cm³/mol. The van der Waals surface area contributed by atoms with Gasteiger partial charge in [-0.15, -0.1) is 0 Å². The van der Waals surface area contributed by atoms with E-state index in [1.165, 1.54) is 0 Å². The molecule has 0 spiro atoms. The molecule has 2 heterocycles. The first kappa shape index (κ1) is 18.7. The molecule has 0 amide bonds. The molecule has 5 heteroatoms. The third-order valence-electron chi connectivity index (χ3n) is 5.79. The Hall–Kier alpha value is -2.66. The van der Waals surface area contributed by atoms with Crippen molar-refractivity contribution in [1.29, 1.82) is 0 Å². The fourth-order valence-corrected chi connectivity index (χ4v) is 6.11. The average Bonchev–Trinajstić information content (AvgIpc) is 3.11. The summed E-state index contributed by atoms with van der Waals surface area (Å²) < 4.78 is 28.8. The predicted octanol–water partition coefficient (Wildman–Crippen LogP) is 4.73. The maximum atomic E-state index is 13.6. The molecule has 0 radical (unpaired) electrons. The second-order valence-electron chi connectivity index (χ2n) is 7.50. The minimum atomic E-state index is -3.61. The standard InChI is InChI=1S/C23H24N2O2S/c1-15-13-16(2)18(4)23(17(15)3)28(26,27)25-12-9-21-14-20(5-6-22(21)25)19-7-10-24-11-8-19/h5-8,10-11,13-14H,9,12H2,1-4H3. The Morgan fingerprint density at radius 3 is 2.14 bits per heavy atom. The van der Waals surface area contributed by atoms with Crippen LogP contribution in [0.15, 0.2) is 53.7 Å². The molecule has 0 fully saturated rings. The lowest BCUT2D eigenvalue weighted by Crippen LogP contribution is -2.30. The van der Waals surface area contributed by atoms with Crippen LogP contribution in [0.4, 0.5) is 5.69 Å². The summed E-state index contributed by atoms with van der Waals surface area (Å²) in [5.74, 6) is 0. The van der Waals surface area contributed by atoms with E-state index in [2.05, 4.69) is 17.1 Å². The van der Waals surface area contributed by atoms with Gasteiger partial charge in [-0.25, -0.2) is 8.42 Å². The van der Waals surface area contributed by atoms with Crippen molar-refractivity contribution >= 4 is 15.7 Å². The molecular weight excluding hydrogens is 368 g/mol. The van der Waals surface area contributed by atoms with E-state index in [-0.39, 0.29) is 0 Å². The second-order valence-corrected chi connectivity index (χ2v) is 9.30. The monoisotopic (exact) mass is 392 g/mol. The third kappa shape index (κ3) is 2.90. The summed E-state index contributed by atoms with van der Waals surface area (Å²) in [6.07, 6.45) is 4.26. The first-order chi connectivity index (χ1) is 13.3. The van der Waals surface area contributed by atoms with E-state index < -0.39 is 10.0 Å². The van der Waals surface area contributed by atoms with Gasteiger partial charge in [-0.05, 0) is 97.3 Å². The highest BCUT2D eigenvalue weighted by molar-refractivity contribution is 7.93. The molecule has 0 bridgehead atoms. The maximum Gasteiger partial charge on any atom is 0.264 e. The summed E-state index contributed by atoms with van der Waals surface area (Å²) in [7, 11) is -3.61. The summed E-state index contributed by atoms with van der Waals surface area (Å²) in [5, 5.41) is 0. The lowest BCUT2D eigenvalue weighted by molar-refractivity contribution is 0.590. The van der Waals surface area contributed by atoms with Crippen molar-refractivity contribution in [2.24, 2.45) is 0 Å². The topological polar surface area (TPSA) is 50.3 Å². The van der Waals surface area contributed by atoms with Gasteiger partial charge in [-0.3, -0.25) is 9.29 Å². The molecule has 1 aliphatic heterocycles. The normalized spacial score (nSPS) is 13.6. The van der Waals surface area contributed by atoms with Gasteiger partial charge in [-0.1, -0.05) is 12.1 Å². The molecule has 0 saturated carbocycles. The summed E-state index contributed by atoms with van der Waals surface area (Å²) in [4.78, 5) is 4.52. The summed E-state index contributed by atoms with van der Waals surface area (Å²) in [6.45, 7) is 8.22. The molecule has 0 saturated heterocycles. The molecule has 3 aromatic rings. The molecular formula is C23H24N2O2S. The van der Waals surface area contributed by atoms with Crippen LogP contribution >= 0.6 is 0 Å². The Labute approximate surface area is 166 Å². The Kier molecular flexibility index (Phi) is 4.50. The summed E-state index contributed by atoms with van der Waals surface area (Å²) >= 11 is 0. The number of anilines is 1. The van der Waals surface area contributed by atoms with Crippen molar-refractivity contribution in [3.63, 3.8) is 0 Å². The van der Waals surface area contributed by atoms with Crippen LogP contribution in [0.1, 0.15) is 27.8 Å². The van der Waals surface area contributed by atoms with Gasteiger partial charge in [0.2, 0.25) is 0 Å². The van der Waals surface area contributed by atoms with Gasteiger partial charge >= 0.3 is 0 Å². The average molecular weight is 393 g/mol. The largest absolute Gasteiger partial charge is 0.266 e. The van der Waals surface area contributed by atoms with Gasteiger partial charge in [0.15, 0.2) is 0 Å². The van der Waals surface area contributed by atoms with Gasteiger partial charge < -0.3 is 0 Å². The number of pyridine rings is 1. The van der Waals surface area contributed by atoms with Gasteiger partial charge in [0, 0.05) is 18.9 Å². The number of aromatic nitrogens is 1. The van der Waals surface area contributed by atoms with Crippen molar-refractivity contribution in [2.75, 3.05) is 10.8 Å². The fourth-order valence-electron chi connectivity index (χ4n) is 4.02. The summed E-state index contributed by atoms with van der Waals surface area (Å²) in [5.41, 5.74) is 7.71. The lowest BCUT2D eigenvalue weighted by Gasteiger charge is -2.24. The zero-order chi connectivity index (χ0) is 20.1. The third-order valence-corrected chi connectivity index (χ3v) is 7.88. The van der Waals surface area contributed by atoms with E-state index in [1.807, 2.05) is 52.0 Å². The van der Waals surface area contributed by atoms with Gasteiger partial charge in [0.05, 0.1) is 10.6 Å². The highest BCUT2D eigenvalue weighted by atomic mass is 32.2. The van der Waals surface area contributed by atoms with Crippen LogP contribution in [0.3, 0.4) is 0 Å². The van der Waals surface area contributed by atoms with Crippen molar-refractivity contribution in [1.82, 2.24) is 4.98 Å². The molecule has 0 aliphatic carbocycles. The number of nitrogens with zero attached hydrogens (tertiary/aromatic N) is 2. The van der Waals surface area contributed by atoms with E-state index in [0.29, 0.717) is 11.4 Å². The van der Waals surface area contributed by atoms with E-state index in [1.54, 1.807) is 16.7 Å². The number of sulfonamides is 1. The van der Waals surface area contributed by atoms with Crippen molar-refractivity contribution < 1.29 is 8.42 Å². The molecule has 2 aromatic carbocycles. The lowest BCUT2D eigenvalue weighted by atomic mass is 10.0. The molecule has 0 unspecified atom stereocenters. The van der Waals surface area contributed by atoms with Crippen LogP contribution in [-0.2, 0) is 16.4 Å². The van der Waals surface area contributed by atoms with Gasteiger partial charge in [0.25, 0.3) is 10.0 Å². The molecule has 4 rings (SSSR count). The molecule has 4 nitrogen and oxygen atoms in total. The zero-order valence-electron chi connectivity index (χ0n) is 16.7. The Morgan fingerprint density at radius 1 is 0.857 bits per heavy atom. The first-order valence-corrected chi connectivity index (χ1v) is 10.9. The van der Waals surface area contributed by atoms with E-state index in [4.69, 9.17) is 0 Å². The molecule has 0 atom stereocenters. The number of hydrogen-bond acceptors (Lipinski definition) is 3. The Balaban J connectivity index is 1.80. The number of aryl methyl sites for hydroxylation is 2. The number of hydrogen-bond donors (Lipinski definition) is 0. The fraction of sp³-hybridized carbons (Fsp3) is 0.261. The highest BCUT2D eigenvalue weighted by Crippen LogP contribution is 2.38. The molecule has 0 N–H and O–H groups in total. The minimum absolute atomic E-state index is 0.455. The highest BCUT2D eigenvalue weighted by Gasteiger charge is 2.33. The smallest absolute Gasteiger partial charge is 0.264 e. The Morgan fingerprint density at radius 2 is 1.50 bits per heavy atom. The minimum Gasteiger partial charge on any atom is -0.266 e. The Bertz CT molecular complexity index is 1140. The van der Waals surface area contributed by atoms with Crippen molar-refractivity contribution in [2.45, 2.75) is 39.0 Å². The van der Waals surface area contributed by atoms with Gasteiger partial charge in [0.1, 0.15) is 0 Å². The molecule has 144 valence electrons. The number of fused-ring (bicyclic) bond motifs is 1. The van der Waals surface area contributed by atoms with Crippen LogP contribution in [0, 0.1) is 27.7 Å². The van der Waals surface area contributed by atoms with Crippen LogP contribution in [0.25, 0.3) is 11.1 Å². The molecule has 28 heavy (non-hydrogen) atoms. The summed E-state index contributed by atoms with van der Waals surface area (Å²) in [6, 6.07) is 12.0. The second kappa shape index (κ2) is 6.74. The van der Waals surface area contributed by atoms with Crippen molar-refractivity contribution in [3.05, 3.63) is 76.6 Å². The molecule has 1 aliphatic rings. The maximum absolute atomic E-state index is 13.6. The van der Waals surface area contributed by atoms with E-state index in [0.717, 1.165) is 51.1 Å². The van der Waals surface area contributed by atoms with Crippen molar-refractivity contribution in [3.8, 4) is 11.1 Å².